The molecule has 1 unspecified atom stereocenters. The summed E-state index contributed by atoms with van der Waals surface area (Å²) in [4.78, 5) is 2.43. The summed E-state index contributed by atoms with van der Waals surface area (Å²) in [6, 6.07) is 0.668. The SMILES string of the molecule is C=CC(CC)CC/C=C(\C)CCCCN(C)C(C)C. The van der Waals surface area contributed by atoms with Crippen LogP contribution >= 0.6 is 0 Å². The predicted octanol–water partition coefficient (Wildman–Crippen LogP) is 5.44. The molecule has 0 saturated heterocycles. The second-order valence-corrected chi connectivity index (χ2v) is 6.06. The molecule has 0 fully saturated rings. The molecule has 19 heavy (non-hydrogen) atoms. The van der Waals surface area contributed by atoms with Gasteiger partial charge in [0.05, 0.1) is 0 Å². The molecule has 0 aromatic heterocycles. The molecular formula is C18H35N. The lowest BCUT2D eigenvalue weighted by Crippen LogP contribution is -2.27. The Bertz CT molecular complexity index is 252. The Hall–Kier alpha value is -0.560. The van der Waals surface area contributed by atoms with Crippen molar-refractivity contribution >= 4 is 0 Å². The van der Waals surface area contributed by atoms with E-state index in [9.17, 15) is 0 Å². The fourth-order valence-electron chi connectivity index (χ4n) is 2.16. The number of hydrogen-bond donors (Lipinski definition) is 0. The van der Waals surface area contributed by atoms with Crippen molar-refractivity contribution in [2.45, 2.75) is 72.3 Å². The van der Waals surface area contributed by atoms with Gasteiger partial charge >= 0.3 is 0 Å². The highest BCUT2D eigenvalue weighted by Gasteiger charge is 2.02. The summed E-state index contributed by atoms with van der Waals surface area (Å²) in [5.41, 5.74) is 1.56. The van der Waals surface area contributed by atoms with Crippen molar-refractivity contribution in [3.05, 3.63) is 24.3 Å². The lowest BCUT2D eigenvalue weighted by Gasteiger charge is -2.20. The quantitative estimate of drug-likeness (QED) is 0.355. The highest BCUT2D eigenvalue weighted by molar-refractivity contribution is 4.98. The van der Waals surface area contributed by atoms with E-state index in [0.29, 0.717) is 12.0 Å². The third-order valence-corrected chi connectivity index (χ3v) is 4.10. The van der Waals surface area contributed by atoms with Crippen molar-refractivity contribution in [1.29, 1.82) is 0 Å². The molecule has 0 saturated carbocycles. The topological polar surface area (TPSA) is 3.24 Å². The molecule has 0 aliphatic carbocycles. The Morgan fingerprint density at radius 3 is 2.47 bits per heavy atom. The minimum absolute atomic E-state index is 0.668. The Morgan fingerprint density at radius 2 is 1.95 bits per heavy atom. The van der Waals surface area contributed by atoms with Crippen LogP contribution in [0.2, 0.25) is 0 Å². The van der Waals surface area contributed by atoms with Gasteiger partial charge in [0.15, 0.2) is 0 Å². The van der Waals surface area contributed by atoms with Crippen LogP contribution in [0.3, 0.4) is 0 Å². The van der Waals surface area contributed by atoms with Crippen molar-refractivity contribution in [2.24, 2.45) is 5.92 Å². The fraction of sp³-hybridized carbons (Fsp3) is 0.778. The summed E-state index contributed by atoms with van der Waals surface area (Å²) in [5.74, 6) is 0.698. The van der Waals surface area contributed by atoms with Crippen LogP contribution in [-0.2, 0) is 0 Å². The molecule has 0 N–H and O–H groups in total. The van der Waals surface area contributed by atoms with E-state index in [2.05, 4.69) is 58.4 Å². The van der Waals surface area contributed by atoms with Gasteiger partial charge in [-0.3, -0.25) is 0 Å². The minimum atomic E-state index is 0.668. The van der Waals surface area contributed by atoms with Crippen LogP contribution in [-0.4, -0.2) is 24.5 Å². The summed E-state index contributed by atoms with van der Waals surface area (Å²) in [7, 11) is 2.22. The monoisotopic (exact) mass is 265 g/mol. The Balaban J connectivity index is 3.68. The lowest BCUT2D eigenvalue weighted by atomic mass is 9.99. The predicted molar refractivity (Wildman–Crippen MR) is 88.6 cm³/mol. The maximum Gasteiger partial charge on any atom is 0.00355 e. The number of hydrogen-bond acceptors (Lipinski definition) is 1. The highest BCUT2D eigenvalue weighted by atomic mass is 15.1. The van der Waals surface area contributed by atoms with Crippen molar-refractivity contribution in [3.8, 4) is 0 Å². The van der Waals surface area contributed by atoms with Crippen molar-refractivity contribution in [1.82, 2.24) is 4.90 Å². The van der Waals surface area contributed by atoms with Gasteiger partial charge in [-0.2, -0.15) is 0 Å². The van der Waals surface area contributed by atoms with Crippen LogP contribution in [0.15, 0.2) is 24.3 Å². The number of rotatable bonds is 11. The minimum Gasteiger partial charge on any atom is -0.304 e. The molecule has 112 valence electrons. The molecule has 0 radical (unpaired) electrons. The van der Waals surface area contributed by atoms with Crippen LogP contribution in [0.25, 0.3) is 0 Å². The Labute approximate surface area is 121 Å². The highest BCUT2D eigenvalue weighted by Crippen LogP contribution is 2.15. The van der Waals surface area contributed by atoms with E-state index in [4.69, 9.17) is 0 Å². The van der Waals surface area contributed by atoms with Crippen molar-refractivity contribution in [2.75, 3.05) is 13.6 Å². The fourth-order valence-corrected chi connectivity index (χ4v) is 2.16. The summed E-state index contributed by atoms with van der Waals surface area (Å²) in [6.07, 6.45) is 12.1. The van der Waals surface area contributed by atoms with E-state index < -0.39 is 0 Å². The van der Waals surface area contributed by atoms with E-state index in [1.165, 1.54) is 45.1 Å². The number of allylic oxidation sites excluding steroid dienone is 3. The van der Waals surface area contributed by atoms with E-state index in [0.717, 1.165) is 0 Å². The average molecular weight is 265 g/mol. The molecule has 0 aromatic rings. The van der Waals surface area contributed by atoms with Gasteiger partial charge < -0.3 is 4.90 Å². The van der Waals surface area contributed by atoms with Crippen LogP contribution in [0.4, 0.5) is 0 Å². The zero-order valence-corrected chi connectivity index (χ0v) is 13.9. The first kappa shape index (κ1) is 18.4. The van der Waals surface area contributed by atoms with Gasteiger partial charge in [0.25, 0.3) is 0 Å². The first-order valence-electron chi connectivity index (χ1n) is 7.99. The van der Waals surface area contributed by atoms with Gasteiger partial charge in [-0.1, -0.05) is 24.6 Å². The second-order valence-electron chi connectivity index (χ2n) is 6.06. The van der Waals surface area contributed by atoms with Gasteiger partial charge in [0.2, 0.25) is 0 Å². The van der Waals surface area contributed by atoms with Crippen LogP contribution in [0.1, 0.15) is 66.2 Å². The summed E-state index contributed by atoms with van der Waals surface area (Å²) in [6.45, 7) is 14.2. The van der Waals surface area contributed by atoms with Gasteiger partial charge in [-0.05, 0) is 78.8 Å². The van der Waals surface area contributed by atoms with Crippen molar-refractivity contribution in [3.63, 3.8) is 0 Å². The number of unbranched alkanes of at least 4 members (excludes halogenated alkanes) is 1. The second kappa shape index (κ2) is 11.3. The normalized spacial score (nSPS) is 14.2. The third-order valence-electron chi connectivity index (χ3n) is 4.10. The summed E-state index contributed by atoms with van der Waals surface area (Å²) in [5, 5.41) is 0. The standard InChI is InChI=1S/C18H35N/c1-7-18(8-2)14-11-13-17(5)12-9-10-15-19(6)16(3)4/h7,13,16,18H,1,8-12,14-15H2,2-6H3/b17-13+. The molecule has 0 amide bonds. The lowest BCUT2D eigenvalue weighted by molar-refractivity contribution is 0.268. The third kappa shape index (κ3) is 9.95. The summed E-state index contributed by atoms with van der Waals surface area (Å²) < 4.78 is 0. The average Bonchev–Trinajstić information content (AvgIpc) is 2.39. The zero-order chi connectivity index (χ0) is 14.7. The Morgan fingerprint density at radius 1 is 1.26 bits per heavy atom. The van der Waals surface area contributed by atoms with E-state index >= 15 is 0 Å². The first-order chi connectivity index (χ1) is 9.01. The molecule has 0 aliphatic heterocycles. The molecule has 0 rings (SSSR count). The van der Waals surface area contributed by atoms with E-state index in [1.807, 2.05) is 0 Å². The molecule has 1 atom stereocenters. The molecule has 1 nitrogen and oxygen atoms in total. The maximum atomic E-state index is 3.90. The smallest absolute Gasteiger partial charge is 0.00355 e. The number of nitrogens with zero attached hydrogens (tertiary/aromatic N) is 1. The van der Waals surface area contributed by atoms with Gasteiger partial charge in [0, 0.05) is 6.04 Å². The molecule has 1 heteroatoms. The summed E-state index contributed by atoms with van der Waals surface area (Å²) >= 11 is 0. The van der Waals surface area contributed by atoms with Crippen LogP contribution in [0.5, 0.6) is 0 Å². The van der Waals surface area contributed by atoms with Gasteiger partial charge in [-0.25, -0.2) is 0 Å². The van der Waals surface area contributed by atoms with Crippen LogP contribution < -0.4 is 0 Å². The largest absolute Gasteiger partial charge is 0.304 e. The molecular weight excluding hydrogens is 230 g/mol. The van der Waals surface area contributed by atoms with Gasteiger partial charge in [-0.15, -0.1) is 6.58 Å². The van der Waals surface area contributed by atoms with Gasteiger partial charge in [0.1, 0.15) is 0 Å². The molecule has 0 heterocycles. The zero-order valence-electron chi connectivity index (χ0n) is 13.9. The maximum absolute atomic E-state index is 3.90. The van der Waals surface area contributed by atoms with E-state index in [-0.39, 0.29) is 0 Å². The molecule has 0 aromatic carbocycles. The Kier molecular flexibility index (Phi) is 10.9. The van der Waals surface area contributed by atoms with Crippen molar-refractivity contribution < 1.29 is 0 Å². The molecule has 0 bridgehead atoms. The van der Waals surface area contributed by atoms with E-state index in [1.54, 1.807) is 5.57 Å². The molecule has 0 aliphatic rings. The van der Waals surface area contributed by atoms with Crippen LogP contribution in [0, 0.1) is 5.92 Å². The molecule has 0 spiro atoms. The first-order valence-corrected chi connectivity index (χ1v) is 7.99.